The Bertz CT molecular complexity index is 350. The van der Waals surface area contributed by atoms with Gasteiger partial charge in [-0.1, -0.05) is 16.1 Å². The summed E-state index contributed by atoms with van der Waals surface area (Å²) in [6.45, 7) is 1.74. The van der Waals surface area contributed by atoms with E-state index in [0.29, 0.717) is 24.0 Å². The molecule has 2 rings (SSSR count). The topological polar surface area (TPSA) is 66.3 Å². The monoisotopic (exact) mass is 233 g/mol. The molecule has 1 saturated heterocycles. The summed E-state index contributed by atoms with van der Waals surface area (Å²) in [5.74, 6) is -0.968. The summed E-state index contributed by atoms with van der Waals surface area (Å²) in [5.41, 5.74) is 0.737. The van der Waals surface area contributed by atoms with Crippen molar-refractivity contribution in [3.05, 3.63) is 10.0 Å². The number of carboxylic acids is 1. The third-order valence-electron chi connectivity index (χ3n) is 2.19. The van der Waals surface area contributed by atoms with Crippen LogP contribution in [0.4, 0.5) is 0 Å². The lowest BCUT2D eigenvalue weighted by Crippen LogP contribution is -2.49. The van der Waals surface area contributed by atoms with Crippen LogP contribution in [0, 0.1) is 5.92 Å². The molecule has 0 atom stereocenters. The average molecular weight is 234 g/mol. The highest BCUT2D eigenvalue weighted by atomic mass is 35.5. The van der Waals surface area contributed by atoms with Gasteiger partial charge in [0.15, 0.2) is 0 Å². The second kappa shape index (κ2) is 3.80. The maximum Gasteiger partial charge on any atom is 0.309 e. The van der Waals surface area contributed by atoms with Gasteiger partial charge in [0.1, 0.15) is 10.0 Å². The van der Waals surface area contributed by atoms with Gasteiger partial charge in [-0.05, 0) is 0 Å². The Morgan fingerprint density at radius 2 is 2.43 bits per heavy atom. The normalized spacial score (nSPS) is 18.1. The molecule has 0 aromatic carbocycles. The van der Waals surface area contributed by atoms with E-state index in [1.165, 1.54) is 0 Å². The van der Waals surface area contributed by atoms with Crippen molar-refractivity contribution in [3.63, 3.8) is 0 Å². The standard InChI is InChI=1S/C7H8ClN3O2S/c8-6-5(9-10-14-6)3-11-1-4(2-11)7(12)13/h4H,1-3H2,(H,12,13). The van der Waals surface area contributed by atoms with Crippen molar-refractivity contribution in [1.29, 1.82) is 0 Å². The van der Waals surface area contributed by atoms with E-state index >= 15 is 0 Å². The summed E-state index contributed by atoms with van der Waals surface area (Å²) in [7, 11) is 0. The zero-order valence-corrected chi connectivity index (χ0v) is 8.75. The molecular formula is C7H8ClN3O2S. The zero-order chi connectivity index (χ0) is 10.1. The minimum Gasteiger partial charge on any atom is -0.481 e. The second-order valence-corrected chi connectivity index (χ2v) is 4.58. The Hall–Kier alpha value is -0.720. The van der Waals surface area contributed by atoms with Crippen LogP contribution < -0.4 is 0 Å². The Labute approximate surface area is 89.5 Å². The van der Waals surface area contributed by atoms with E-state index in [1.54, 1.807) is 0 Å². The third kappa shape index (κ3) is 1.87. The maximum absolute atomic E-state index is 10.5. The number of nitrogens with zero attached hydrogens (tertiary/aromatic N) is 3. The molecule has 76 valence electrons. The van der Waals surface area contributed by atoms with Gasteiger partial charge in [-0.15, -0.1) is 5.10 Å². The van der Waals surface area contributed by atoms with E-state index in [2.05, 4.69) is 9.59 Å². The smallest absolute Gasteiger partial charge is 0.309 e. The lowest BCUT2D eigenvalue weighted by molar-refractivity contribution is -0.147. The van der Waals surface area contributed by atoms with Crippen LogP contribution in [-0.4, -0.2) is 38.7 Å². The first-order chi connectivity index (χ1) is 6.66. The quantitative estimate of drug-likeness (QED) is 0.833. The van der Waals surface area contributed by atoms with Crippen LogP contribution >= 0.6 is 23.1 Å². The predicted octanol–water partition coefficient (Wildman–Crippen LogP) is 0.708. The summed E-state index contributed by atoms with van der Waals surface area (Å²) >= 11 is 6.96. The molecule has 2 heterocycles. The highest BCUT2D eigenvalue weighted by Gasteiger charge is 2.32. The van der Waals surface area contributed by atoms with Gasteiger partial charge in [0.05, 0.1) is 5.92 Å². The molecule has 0 bridgehead atoms. The lowest BCUT2D eigenvalue weighted by Gasteiger charge is -2.35. The SMILES string of the molecule is O=C(O)C1CN(Cc2nnsc2Cl)C1. The number of rotatable bonds is 3. The summed E-state index contributed by atoms with van der Waals surface area (Å²) in [5, 5.41) is 12.5. The van der Waals surface area contributed by atoms with Crippen LogP contribution in [0.3, 0.4) is 0 Å². The number of aromatic nitrogens is 2. The van der Waals surface area contributed by atoms with E-state index < -0.39 is 5.97 Å². The molecule has 0 aliphatic carbocycles. The fourth-order valence-electron chi connectivity index (χ4n) is 1.36. The molecule has 1 fully saturated rings. The molecule has 7 heteroatoms. The van der Waals surface area contributed by atoms with Crippen LogP contribution in [0.2, 0.25) is 4.34 Å². The summed E-state index contributed by atoms with van der Waals surface area (Å²) in [6, 6.07) is 0. The number of carboxylic acid groups (broad SMARTS) is 1. The first kappa shape index (κ1) is 9.82. The van der Waals surface area contributed by atoms with Crippen molar-refractivity contribution in [3.8, 4) is 0 Å². The van der Waals surface area contributed by atoms with Crippen molar-refractivity contribution in [2.24, 2.45) is 5.92 Å². The van der Waals surface area contributed by atoms with Gasteiger partial charge in [-0.2, -0.15) is 0 Å². The van der Waals surface area contributed by atoms with Gasteiger partial charge in [0.25, 0.3) is 0 Å². The average Bonchev–Trinajstić information content (AvgIpc) is 2.42. The minimum absolute atomic E-state index is 0.236. The van der Waals surface area contributed by atoms with Crippen LogP contribution in [0.15, 0.2) is 0 Å². The molecule has 5 nitrogen and oxygen atoms in total. The van der Waals surface area contributed by atoms with E-state index in [4.69, 9.17) is 16.7 Å². The fraction of sp³-hybridized carbons (Fsp3) is 0.571. The van der Waals surface area contributed by atoms with Crippen molar-refractivity contribution >= 4 is 29.1 Å². The Morgan fingerprint density at radius 3 is 2.93 bits per heavy atom. The largest absolute Gasteiger partial charge is 0.481 e. The molecule has 1 aliphatic rings. The van der Waals surface area contributed by atoms with Gasteiger partial charge in [-0.3, -0.25) is 9.69 Å². The van der Waals surface area contributed by atoms with Gasteiger partial charge < -0.3 is 5.11 Å². The first-order valence-electron chi connectivity index (χ1n) is 4.08. The van der Waals surface area contributed by atoms with E-state index in [1.807, 2.05) is 4.90 Å². The molecule has 0 radical (unpaired) electrons. The number of hydrogen-bond acceptors (Lipinski definition) is 5. The molecule has 0 unspecified atom stereocenters. The number of aliphatic carboxylic acids is 1. The third-order valence-corrected chi connectivity index (χ3v) is 3.17. The Balaban J connectivity index is 1.85. The molecule has 0 saturated carbocycles. The van der Waals surface area contributed by atoms with Crippen molar-refractivity contribution in [2.75, 3.05) is 13.1 Å². The molecule has 0 spiro atoms. The number of halogens is 1. The highest BCUT2D eigenvalue weighted by Crippen LogP contribution is 2.23. The zero-order valence-electron chi connectivity index (χ0n) is 7.18. The summed E-state index contributed by atoms with van der Waals surface area (Å²) < 4.78 is 4.29. The van der Waals surface area contributed by atoms with Crippen LogP contribution in [-0.2, 0) is 11.3 Å². The molecule has 1 N–H and O–H groups in total. The van der Waals surface area contributed by atoms with E-state index in [9.17, 15) is 4.79 Å². The minimum atomic E-state index is -0.733. The number of likely N-dealkylation sites (tertiary alicyclic amines) is 1. The lowest BCUT2D eigenvalue weighted by atomic mass is 10.0. The van der Waals surface area contributed by atoms with Gasteiger partial charge >= 0.3 is 5.97 Å². The fourth-order valence-corrected chi connectivity index (χ4v) is 1.97. The number of hydrogen-bond donors (Lipinski definition) is 1. The molecule has 1 aromatic rings. The molecule has 14 heavy (non-hydrogen) atoms. The van der Waals surface area contributed by atoms with Crippen LogP contribution in [0.25, 0.3) is 0 Å². The van der Waals surface area contributed by atoms with Crippen LogP contribution in [0.1, 0.15) is 5.69 Å². The van der Waals surface area contributed by atoms with Gasteiger partial charge in [0, 0.05) is 31.2 Å². The molecule has 1 aliphatic heterocycles. The van der Waals surface area contributed by atoms with Crippen molar-refractivity contribution in [1.82, 2.24) is 14.5 Å². The Morgan fingerprint density at radius 1 is 1.71 bits per heavy atom. The number of carbonyl (C=O) groups is 1. The first-order valence-corrected chi connectivity index (χ1v) is 5.24. The highest BCUT2D eigenvalue weighted by molar-refractivity contribution is 7.10. The van der Waals surface area contributed by atoms with Gasteiger partial charge in [0.2, 0.25) is 0 Å². The maximum atomic E-state index is 10.5. The van der Waals surface area contributed by atoms with Crippen molar-refractivity contribution in [2.45, 2.75) is 6.54 Å². The predicted molar refractivity (Wildman–Crippen MR) is 51.3 cm³/mol. The van der Waals surface area contributed by atoms with Crippen LogP contribution in [0.5, 0.6) is 0 Å². The molecule has 1 aromatic heterocycles. The molecule has 0 amide bonds. The van der Waals surface area contributed by atoms with E-state index in [-0.39, 0.29) is 5.92 Å². The van der Waals surface area contributed by atoms with Crippen molar-refractivity contribution < 1.29 is 9.90 Å². The summed E-state index contributed by atoms with van der Waals surface area (Å²) in [6.07, 6.45) is 0. The second-order valence-electron chi connectivity index (χ2n) is 3.22. The van der Waals surface area contributed by atoms with E-state index in [0.717, 1.165) is 17.2 Å². The molecular weight excluding hydrogens is 226 g/mol. The summed E-state index contributed by atoms with van der Waals surface area (Å²) in [4.78, 5) is 12.5. The Kier molecular flexibility index (Phi) is 2.66. The van der Waals surface area contributed by atoms with Gasteiger partial charge in [-0.25, -0.2) is 0 Å².